The normalized spacial score (nSPS) is 16.6. The van der Waals surface area contributed by atoms with E-state index in [0.29, 0.717) is 31.5 Å². The van der Waals surface area contributed by atoms with Gasteiger partial charge in [0.1, 0.15) is 11.6 Å². The average Bonchev–Trinajstić information content (AvgIpc) is 2.55. The fourth-order valence-corrected chi connectivity index (χ4v) is 3.18. The summed E-state index contributed by atoms with van der Waals surface area (Å²) in [6.45, 7) is 0.644. The predicted octanol–water partition coefficient (Wildman–Crippen LogP) is 4.13. The minimum atomic E-state index is -1.09. The number of nitrogens with zero attached hydrogens (tertiary/aromatic N) is 1. The fourth-order valence-electron chi connectivity index (χ4n) is 2.96. The molecule has 2 amide bonds. The molecule has 0 radical (unpaired) electrons. The number of urea groups is 1. The summed E-state index contributed by atoms with van der Waals surface area (Å²) in [6.07, 6.45) is 0.659. The molecule has 25 heavy (non-hydrogen) atoms. The third-order valence-corrected chi connectivity index (χ3v) is 4.59. The van der Waals surface area contributed by atoms with Gasteiger partial charge in [0.15, 0.2) is 0 Å². The Morgan fingerprint density at radius 2 is 1.72 bits per heavy atom. The van der Waals surface area contributed by atoms with Gasteiger partial charge in [0.2, 0.25) is 0 Å². The van der Waals surface area contributed by atoms with Crippen molar-refractivity contribution in [2.45, 2.75) is 18.4 Å². The van der Waals surface area contributed by atoms with Crippen molar-refractivity contribution in [2.75, 3.05) is 18.4 Å². The molecule has 1 fully saturated rings. The number of anilines is 1. The third kappa shape index (κ3) is 4.08. The molecule has 0 saturated carbocycles. The zero-order chi connectivity index (χ0) is 18.0. The Morgan fingerprint density at radius 1 is 1.08 bits per heavy atom. The molecular formula is C18H17ClF2N2O2. The van der Waals surface area contributed by atoms with Crippen LogP contribution in [0.25, 0.3) is 0 Å². The first-order valence-corrected chi connectivity index (χ1v) is 8.24. The van der Waals surface area contributed by atoms with Crippen molar-refractivity contribution in [1.29, 1.82) is 0 Å². The number of hydrogen-bond donors (Lipinski definition) is 2. The summed E-state index contributed by atoms with van der Waals surface area (Å²) in [7, 11) is 0. The van der Waals surface area contributed by atoms with E-state index in [0.717, 1.165) is 6.07 Å². The molecule has 0 atom stereocenters. The lowest BCUT2D eigenvalue weighted by Gasteiger charge is -2.38. The van der Waals surface area contributed by atoms with Crippen LogP contribution in [-0.4, -0.2) is 29.1 Å². The van der Waals surface area contributed by atoms with Crippen molar-refractivity contribution < 1.29 is 18.7 Å². The van der Waals surface area contributed by atoms with Gasteiger partial charge in [0, 0.05) is 23.8 Å². The van der Waals surface area contributed by atoms with Gasteiger partial charge in [-0.05, 0) is 48.7 Å². The highest BCUT2D eigenvalue weighted by atomic mass is 35.5. The lowest BCUT2D eigenvalue weighted by Crippen LogP contribution is -2.46. The Kier molecular flexibility index (Phi) is 4.92. The van der Waals surface area contributed by atoms with Crippen LogP contribution in [-0.2, 0) is 5.60 Å². The van der Waals surface area contributed by atoms with E-state index >= 15 is 0 Å². The first kappa shape index (κ1) is 17.6. The van der Waals surface area contributed by atoms with Crippen LogP contribution < -0.4 is 5.32 Å². The zero-order valence-corrected chi connectivity index (χ0v) is 14.1. The van der Waals surface area contributed by atoms with Crippen molar-refractivity contribution >= 4 is 23.3 Å². The number of carbonyl (C=O) groups is 1. The number of nitrogens with one attached hydrogen (secondary N) is 1. The molecule has 1 aliphatic heterocycles. The number of rotatable bonds is 2. The Morgan fingerprint density at radius 3 is 2.32 bits per heavy atom. The number of hydrogen-bond acceptors (Lipinski definition) is 2. The minimum absolute atomic E-state index is 0.194. The predicted molar refractivity (Wildman–Crippen MR) is 91.5 cm³/mol. The molecule has 132 valence electrons. The second-order valence-electron chi connectivity index (χ2n) is 6.11. The van der Waals surface area contributed by atoms with Gasteiger partial charge in [-0.15, -0.1) is 0 Å². The highest BCUT2D eigenvalue weighted by Crippen LogP contribution is 2.33. The van der Waals surface area contributed by atoms with Crippen LogP contribution in [0.5, 0.6) is 0 Å². The van der Waals surface area contributed by atoms with Gasteiger partial charge in [-0.3, -0.25) is 0 Å². The highest BCUT2D eigenvalue weighted by Gasteiger charge is 2.35. The Labute approximate surface area is 149 Å². The summed E-state index contributed by atoms with van der Waals surface area (Å²) in [6, 6.07) is 9.13. The van der Waals surface area contributed by atoms with Crippen molar-refractivity contribution in [3.63, 3.8) is 0 Å². The third-order valence-electron chi connectivity index (χ3n) is 4.37. The van der Waals surface area contributed by atoms with Crippen LogP contribution in [0.1, 0.15) is 18.4 Å². The van der Waals surface area contributed by atoms with Crippen molar-refractivity contribution in [2.24, 2.45) is 0 Å². The molecule has 4 nitrogen and oxygen atoms in total. The van der Waals surface area contributed by atoms with Crippen LogP contribution in [0.4, 0.5) is 19.3 Å². The van der Waals surface area contributed by atoms with Gasteiger partial charge in [-0.1, -0.05) is 23.7 Å². The summed E-state index contributed by atoms with van der Waals surface area (Å²) in [5.41, 5.74) is -0.188. The van der Waals surface area contributed by atoms with E-state index in [2.05, 4.69) is 5.32 Å². The molecule has 7 heteroatoms. The largest absolute Gasteiger partial charge is 0.385 e. The molecule has 2 aromatic carbocycles. The molecule has 3 rings (SSSR count). The number of benzene rings is 2. The molecule has 0 spiro atoms. The second-order valence-corrected chi connectivity index (χ2v) is 6.55. The molecule has 0 aromatic heterocycles. The van der Waals surface area contributed by atoms with Gasteiger partial charge in [0.25, 0.3) is 0 Å². The topological polar surface area (TPSA) is 52.6 Å². The number of piperidine rings is 1. The first-order chi connectivity index (χ1) is 11.9. The second kappa shape index (κ2) is 6.98. The lowest BCUT2D eigenvalue weighted by molar-refractivity contribution is -0.0157. The Balaban J connectivity index is 1.63. The molecule has 0 bridgehead atoms. The maximum Gasteiger partial charge on any atom is 0.321 e. The number of carbonyl (C=O) groups excluding carboxylic acids is 1. The summed E-state index contributed by atoms with van der Waals surface area (Å²) >= 11 is 5.77. The van der Waals surface area contributed by atoms with E-state index < -0.39 is 11.4 Å². The maximum absolute atomic E-state index is 13.3. The molecule has 0 unspecified atom stereocenters. The van der Waals surface area contributed by atoms with Crippen molar-refractivity contribution in [3.05, 3.63) is 64.7 Å². The van der Waals surface area contributed by atoms with Crippen LogP contribution in [0.2, 0.25) is 5.02 Å². The Hall–Kier alpha value is -2.18. The molecule has 2 aromatic rings. The molecule has 2 N–H and O–H groups in total. The highest BCUT2D eigenvalue weighted by molar-refractivity contribution is 6.30. The summed E-state index contributed by atoms with van der Waals surface area (Å²) in [5.74, 6) is -0.898. The van der Waals surface area contributed by atoms with E-state index in [4.69, 9.17) is 11.6 Å². The first-order valence-electron chi connectivity index (χ1n) is 7.86. The maximum atomic E-state index is 13.3. The molecular weight excluding hydrogens is 350 g/mol. The monoisotopic (exact) mass is 366 g/mol. The molecule has 1 heterocycles. The standard InChI is InChI=1S/C18H17ClF2N2O2/c19-13-9-15(21)11-16(10-13)22-17(24)23-7-5-18(25,6-8-23)12-1-3-14(20)4-2-12/h1-4,9-11,25H,5-8H2,(H,22,24). The SMILES string of the molecule is O=C(Nc1cc(F)cc(Cl)c1)N1CCC(O)(c2ccc(F)cc2)CC1. The smallest absolute Gasteiger partial charge is 0.321 e. The molecule has 1 saturated heterocycles. The summed E-state index contributed by atoms with van der Waals surface area (Å²) in [4.78, 5) is 13.8. The molecule has 1 aliphatic rings. The van der Waals surface area contributed by atoms with E-state index in [1.54, 1.807) is 12.1 Å². The number of likely N-dealkylation sites (tertiary alicyclic amines) is 1. The van der Waals surface area contributed by atoms with Gasteiger partial charge >= 0.3 is 6.03 Å². The van der Waals surface area contributed by atoms with E-state index in [1.165, 1.54) is 29.2 Å². The number of halogens is 3. The van der Waals surface area contributed by atoms with Crippen LogP contribution in [0.3, 0.4) is 0 Å². The van der Waals surface area contributed by atoms with Crippen LogP contribution in [0, 0.1) is 11.6 Å². The van der Waals surface area contributed by atoms with E-state index in [1.807, 2.05) is 0 Å². The van der Waals surface area contributed by atoms with Crippen molar-refractivity contribution in [1.82, 2.24) is 4.90 Å². The van der Waals surface area contributed by atoms with E-state index in [9.17, 15) is 18.7 Å². The van der Waals surface area contributed by atoms with E-state index in [-0.39, 0.29) is 22.6 Å². The summed E-state index contributed by atoms with van der Waals surface area (Å²) in [5, 5.41) is 13.5. The number of amides is 2. The summed E-state index contributed by atoms with van der Waals surface area (Å²) < 4.78 is 26.4. The Bertz CT molecular complexity index is 755. The quantitative estimate of drug-likeness (QED) is 0.839. The van der Waals surface area contributed by atoms with Gasteiger partial charge in [-0.2, -0.15) is 0 Å². The molecule has 0 aliphatic carbocycles. The average molecular weight is 367 g/mol. The number of aliphatic hydroxyl groups is 1. The van der Waals surface area contributed by atoms with Crippen molar-refractivity contribution in [3.8, 4) is 0 Å². The van der Waals surface area contributed by atoms with Crippen LogP contribution >= 0.6 is 11.6 Å². The minimum Gasteiger partial charge on any atom is -0.385 e. The lowest BCUT2D eigenvalue weighted by atomic mass is 9.84. The van der Waals surface area contributed by atoms with Crippen LogP contribution in [0.15, 0.2) is 42.5 Å². The zero-order valence-electron chi connectivity index (χ0n) is 13.3. The van der Waals surface area contributed by atoms with Gasteiger partial charge < -0.3 is 15.3 Å². The van der Waals surface area contributed by atoms with Gasteiger partial charge in [0.05, 0.1) is 5.60 Å². The van der Waals surface area contributed by atoms with Gasteiger partial charge in [-0.25, -0.2) is 13.6 Å². The fraction of sp³-hybridized carbons (Fsp3) is 0.278.